The van der Waals surface area contributed by atoms with Gasteiger partial charge in [-0.2, -0.15) is 0 Å². The van der Waals surface area contributed by atoms with Crippen LogP contribution in [0, 0.1) is 0 Å². The van der Waals surface area contributed by atoms with Gasteiger partial charge in [0.05, 0.1) is 33.6 Å². The Labute approximate surface area is 158 Å². The zero-order valence-electron chi connectivity index (χ0n) is 15.8. The van der Waals surface area contributed by atoms with E-state index < -0.39 is 0 Å². The van der Waals surface area contributed by atoms with Crippen molar-refractivity contribution in [1.29, 1.82) is 0 Å². The number of methoxy groups -OCH3 is 3. The van der Waals surface area contributed by atoms with E-state index in [9.17, 15) is 4.79 Å². The van der Waals surface area contributed by atoms with Crippen LogP contribution in [-0.4, -0.2) is 55.3 Å². The minimum absolute atomic E-state index is 0.274. The van der Waals surface area contributed by atoms with Crippen molar-refractivity contribution in [2.24, 2.45) is 0 Å². The standard InChI is InChI=1S/C18H25N5O4/c1-25-15-8-12(9-16(26-2)17(15)27-3)10-20-18(24)14-11-23(22-21-14)13-4-6-19-7-5-13/h8-9,11,13,19H,4-7,10H2,1-3H3,(H,20,24). The van der Waals surface area contributed by atoms with E-state index in [1.807, 2.05) is 0 Å². The van der Waals surface area contributed by atoms with Crippen molar-refractivity contribution >= 4 is 5.91 Å². The highest BCUT2D eigenvalue weighted by molar-refractivity contribution is 5.91. The van der Waals surface area contributed by atoms with Crippen molar-refractivity contribution in [3.05, 3.63) is 29.6 Å². The van der Waals surface area contributed by atoms with E-state index in [0.717, 1.165) is 31.5 Å². The molecule has 2 heterocycles. The first-order valence-corrected chi connectivity index (χ1v) is 8.86. The molecule has 1 aromatic heterocycles. The largest absolute Gasteiger partial charge is 0.493 e. The molecule has 2 N–H and O–H groups in total. The number of amides is 1. The third kappa shape index (κ3) is 4.30. The fourth-order valence-electron chi connectivity index (χ4n) is 3.14. The molecular weight excluding hydrogens is 350 g/mol. The zero-order valence-corrected chi connectivity index (χ0v) is 15.8. The molecule has 1 aliphatic rings. The van der Waals surface area contributed by atoms with Gasteiger partial charge in [-0.25, -0.2) is 4.68 Å². The molecule has 1 aromatic carbocycles. The summed E-state index contributed by atoms with van der Waals surface area (Å²) in [5, 5.41) is 14.3. The number of carbonyl (C=O) groups is 1. The smallest absolute Gasteiger partial charge is 0.273 e. The van der Waals surface area contributed by atoms with Gasteiger partial charge in [0.2, 0.25) is 5.75 Å². The van der Waals surface area contributed by atoms with E-state index in [0.29, 0.717) is 29.5 Å². The van der Waals surface area contributed by atoms with Gasteiger partial charge in [0, 0.05) is 6.54 Å². The van der Waals surface area contributed by atoms with Gasteiger partial charge in [-0.05, 0) is 43.6 Å². The maximum absolute atomic E-state index is 12.4. The molecule has 0 saturated carbocycles. The highest BCUT2D eigenvalue weighted by atomic mass is 16.5. The van der Waals surface area contributed by atoms with E-state index in [4.69, 9.17) is 14.2 Å². The molecule has 1 amide bonds. The first-order valence-electron chi connectivity index (χ1n) is 8.86. The summed E-state index contributed by atoms with van der Waals surface area (Å²) in [5.41, 5.74) is 1.13. The predicted octanol–water partition coefficient (Wildman–Crippen LogP) is 1.16. The summed E-state index contributed by atoms with van der Waals surface area (Å²) in [6.45, 7) is 2.20. The summed E-state index contributed by atoms with van der Waals surface area (Å²) >= 11 is 0. The molecule has 2 aromatic rings. The third-order valence-electron chi connectivity index (χ3n) is 4.60. The van der Waals surface area contributed by atoms with Crippen LogP contribution >= 0.6 is 0 Å². The topological polar surface area (TPSA) is 99.5 Å². The number of benzene rings is 1. The van der Waals surface area contributed by atoms with Gasteiger partial charge in [-0.3, -0.25) is 4.79 Å². The first-order chi connectivity index (χ1) is 13.2. The molecule has 27 heavy (non-hydrogen) atoms. The molecule has 3 rings (SSSR count). The van der Waals surface area contributed by atoms with Crippen LogP contribution in [-0.2, 0) is 6.54 Å². The first kappa shape index (κ1) is 19.0. The van der Waals surface area contributed by atoms with Crippen molar-refractivity contribution < 1.29 is 19.0 Å². The van der Waals surface area contributed by atoms with Crippen LogP contribution in [0.2, 0.25) is 0 Å². The maximum Gasteiger partial charge on any atom is 0.273 e. The predicted molar refractivity (Wildman–Crippen MR) is 98.4 cm³/mol. The van der Waals surface area contributed by atoms with Gasteiger partial charge in [0.1, 0.15) is 0 Å². The number of hydrogen-bond donors (Lipinski definition) is 2. The number of rotatable bonds is 7. The Kier molecular flexibility index (Phi) is 6.12. The highest BCUT2D eigenvalue weighted by Gasteiger charge is 2.19. The van der Waals surface area contributed by atoms with Crippen LogP contribution in [0.4, 0.5) is 0 Å². The second kappa shape index (κ2) is 8.72. The van der Waals surface area contributed by atoms with Gasteiger partial charge in [-0.1, -0.05) is 5.21 Å². The van der Waals surface area contributed by atoms with Crippen LogP contribution in [0.25, 0.3) is 0 Å². The minimum atomic E-state index is -0.274. The lowest BCUT2D eigenvalue weighted by atomic mass is 10.1. The fraction of sp³-hybridized carbons (Fsp3) is 0.500. The molecule has 0 bridgehead atoms. The average molecular weight is 375 g/mol. The van der Waals surface area contributed by atoms with Crippen LogP contribution in [0.3, 0.4) is 0 Å². The second-order valence-electron chi connectivity index (χ2n) is 6.28. The minimum Gasteiger partial charge on any atom is -0.493 e. The van der Waals surface area contributed by atoms with Gasteiger partial charge in [0.15, 0.2) is 17.2 Å². The molecule has 9 heteroatoms. The summed E-state index contributed by atoms with van der Waals surface area (Å²) in [7, 11) is 4.66. The molecule has 0 radical (unpaired) electrons. The van der Waals surface area contributed by atoms with Gasteiger partial charge in [-0.15, -0.1) is 5.10 Å². The van der Waals surface area contributed by atoms with Crippen LogP contribution < -0.4 is 24.8 Å². The fourth-order valence-corrected chi connectivity index (χ4v) is 3.14. The monoisotopic (exact) mass is 375 g/mol. The Balaban J connectivity index is 1.66. The Morgan fingerprint density at radius 1 is 1.19 bits per heavy atom. The lowest BCUT2D eigenvalue weighted by Gasteiger charge is -2.22. The van der Waals surface area contributed by atoms with Crippen molar-refractivity contribution in [2.75, 3.05) is 34.4 Å². The van der Waals surface area contributed by atoms with E-state index in [1.165, 1.54) is 0 Å². The summed E-state index contributed by atoms with van der Waals surface area (Å²) < 4.78 is 17.8. The Morgan fingerprint density at radius 3 is 2.44 bits per heavy atom. The quantitative estimate of drug-likeness (QED) is 0.749. The van der Waals surface area contributed by atoms with Gasteiger partial charge in [0.25, 0.3) is 5.91 Å². The van der Waals surface area contributed by atoms with Gasteiger partial charge < -0.3 is 24.8 Å². The number of hydrogen-bond acceptors (Lipinski definition) is 7. The van der Waals surface area contributed by atoms with Crippen LogP contribution in [0.1, 0.15) is 34.9 Å². The molecular formula is C18H25N5O4. The van der Waals surface area contributed by atoms with Crippen LogP contribution in [0.15, 0.2) is 18.3 Å². The maximum atomic E-state index is 12.4. The highest BCUT2D eigenvalue weighted by Crippen LogP contribution is 2.38. The molecule has 1 fully saturated rings. The van der Waals surface area contributed by atoms with Crippen molar-refractivity contribution in [1.82, 2.24) is 25.6 Å². The summed E-state index contributed by atoms with van der Waals surface area (Å²) in [6, 6.07) is 3.89. The number of nitrogens with one attached hydrogen (secondary N) is 2. The molecule has 0 atom stereocenters. The summed E-state index contributed by atoms with van der Waals surface area (Å²) in [4.78, 5) is 12.4. The summed E-state index contributed by atoms with van der Waals surface area (Å²) in [6.07, 6.45) is 3.67. The number of nitrogens with zero attached hydrogens (tertiary/aromatic N) is 3. The third-order valence-corrected chi connectivity index (χ3v) is 4.60. The summed E-state index contributed by atoms with van der Waals surface area (Å²) in [5.74, 6) is 1.32. The number of piperidine rings is 1. The van der Waals surface area contributed by atoms with Crippen molar-refractivity contribution in [3.8, 4) is 17.2 Å². The van der Waals surface area contributed by atoms with Crippen LogP contribution in [0.5, 0.6) is 17.2 Å². The number of aromatic nitrogens is 3. The average Bonchev–Trinajstić information content (AvgIpc) is 3.22. The van der Waals surface area contributed by atoms with E-state index in [2.05, 4.69) is 20.9 Å². The normalized spacial score (nSPS) is 14.6. The Morgan fingerprint density at radius 2 is 1.85 bits per heavy atom. The number of ether oxygens (including phenoxy) is 3. The van der Waals surface area contributed by atoms with E-state index in [-0.39, 0.29) is 11.9 Å². The molecule has 9 nitrogen and oxygen atoms in total. The molecule has 146 valence electrons. The SMILES string of the molecule is COc1cc(CNC(=O)c2cn(C3CCNCC3)nn2)cc(OC)c1OC. The molecule has 1 saturated heterocycles. The number of carbonyl (C=O) groups excluding carboxylic acids is 1. The Bertz CT molecular complexity index is 761. The van der Waals surface area contributed by atoms with Crippen molar-refractivity contribution in [3.63, 3.8) is 0 Å². The van der Waals surface area contributed by atoms with E-state index in [1.54, 1.807) is 44.3 Å². The van der Waals surface area contributed by atoms with Gasteiger partial charge >= 0.3 is 0 Å². The molecule has 1 aliphatic heterocycles. The lowest BCUT2D eigenvalue weighted by Crippen LogP contribution is -2.29. The Hall–Kier alpha value is -2.81. The molecule has 0 unspecified atom stereocenters. The van der Waals surface area contributed by atoms with Crippen molar-refractivity contribution in [2.45, 2.75) is 25.4 Å². The van der Waals surface area contributed by atoms with E-state index >= 15 is 0 Å². The lowest BCUT2D eigenvalue weighted by molar-refractivity contribution is 0.0945. The molecule has 0 aliphatic carbocycles. The molecule has 0 spiro atoms. The zero-order chi connectivity index (χ0) is 19.2. The second-order valence-corrected chi connectivity index (χ2v) is 6.28.